The van der Waals surface area contributed by atoms with Gasteiger partial charge in [-0.1, -0.05) is 19.6 Å². The number of non-ortho nitro benzene ring substituents is 1. The van der Waals surface area contributed by atoms with Crippen molar-refractivity contribution < 1.29 is 10.0 Å². The maximum Gasteiger partial charge on any atom is 0.270 e. The van der Waals surface area contributed by atoms with E-state index in [-0.39, 0.29) is 11.4 Å². The Kier molecular flexibility index (Phi) is 3.45. The number of phenols is 1. The Bertz CT molecular complexity index is 546. The molecule has 1 aliphatic rings. The lowest BCUT2D eigenvalue weighted by molar-refractivity contribution is -0.384. The van der Waals surface area contributed by atoms with Crippen LogP contribution in [0.5, 0.6) is 5.75 Å². The summed E-state index contributed by atoms with van der Waals surface area (Å²) >= 11 is 0. The summed E-state index contributed by atoms with van der Waals surface area (Å²) in [5.74, 6) is 0.147. The lowest BCUT2D eigenvalue weighted by atomic mass is 10.2. The number of aliphatic imine (C=N–C) groups is 1. The highest BCUT2D eigenvalue weighted by atomic mass is 28.3. The lowest BCUT2D eigenvalue weighted by Crippen LogP contribution is -2.38. The van der Waals surface area contributed by atoms with Crippen molar-refractivity contribution in [3.05, 3.63) is 27.8 Å². The summed E-state index contributed by atoms with van der Waals surface area (Å²) in [5.41, 5.74) is 0.478. The van der Waals surface area contributed by atoms with Crippen LogP contribution in [0.4, 0.5) is 5.69 Å². The molecule has 0 saturated heterocycles. The topological polar surface area (TPSA) is 75.7 Å². The van der Waals surface area contributed by atoms with Gasteiger partial charge in [-0.25, -0.2) is 0 Å². The molecule has 1 saturated carbocycles. The first-order valence-electron chi connectivity index (χ1n) is 6.34. The minimum atomic E-state index is -1.84. The predicted molar refractivity (Wildman–Crippen MR) is 78.4 cm³/mol. The summed E-state index contributed by atoms with van der Waals surface area (Å²) in [6.07, 6.45) is 3.70. The van der Waals surface area contributed by atoms with Crippen LogP contribution in [0.1, 0.15) is 18.4 Å². The number of phenolic OH excluding ortho intramolecular Hbond substituents is 1. The second-order valence-electron chi connectivity index (χ2n) is 5.95. The van der Waals surface area contributed by atoms with Crippen LogP contribution in [-0.2, 0) is 0 Å². The van der Waals surface area contributed by atoms with E-state index in [1.165, 1.54) is 12.1 Å². The quantitative estimate of drug-likeness (QED) is 0.398. The molecule has 19 heavy (non-hydrogen) atoms. The molecule has 2 rings (SSSR count). The number of nitro groups is 1. The van der Waals surface area contributed by atoms with Gasteiger partial charge in [-0.15, -0.1) is 0 Å². The Balaban J connectivity index is 2.51. The zero-order valence-electron chi connectivity index (χ0n) is 11.4. The minimum absolute atomic E-state index is 0.0208. The zero-order chi connectivity index (χ0) is 14.2. The molecule has 1 aromatic rings. The van der Waals surface area contributed by atoms with E-state index in [0.29, 0.717) is 16.8 Å². The largest absolute Gasteiger partial charge is 0.507 e. The van der Waals surface area contributed by atoms with Gasteiger partial charge in [0.05, 0.1) is 19.0 Å². The number of rotatable bonds is 4. The average Bonchev–Trinajstić information content (AvgIpc) is 3.09. The van der Waals surface area contributed by atoms with Crippen LogP contribution in [0.15, 0.2) is 17.1 Å². The molecule has 0 amide bonds. The Morgan fingerprint density at radius 1 is 1.42 bits per heavy atom. The number of nitro benzene ring substituents is 1. The van der Waals surface area contributed by atoms with Gasteiger partial charge in [0.1, 0.15) is 5.75 Å². The molecular formula is C13H18N2O3Si. The van der Waals surface area contributed by atoms with E-state index >= 15 is 0 Å². The summed E-state index contributed by atoms with van der Waals surface area (Å²) in [4.78, 5) is 14.9. The van der Waals surface area contributed by atoms with Crippen molar-refractivity contribution in [1.29, 1.82) is 0 Å². The molecule has 0 heterocycles. The van der Waals surface area contributed by atoms with E-state index in [1.54, 1.807) is 6.21 Å². The van der Waals surface area contributed by atoms with Gasteiger partial charge in [0.15, 0.2) is 0 Å². The first-order valence-corrected chi connectivity index (χ1v) is 9.84. The number of hydrogen-bond acceptors (Lipinski definition) is 4. The zero-order valence-corrected chi connectivity index (χ0v) is 12.4. The summed E-state index contributed by atoms with van der Waals surface area (Å²) in [6, 6.07) is 3.22. The van der Waals surface area contributed by atoms with Crippen LogP contribution in [-0.4, -0.2) is 30.4 Å². The molecule has 0 atom stereocenters. The summed E-state index contributed by atoms with van der Waals surface area (Å²) < 4.78 is 0. The van der Waals surface area contributed by atoms with Crippen molar-refractivity contribution >= 4 is 25.2 Å². The Hall–Kier alpha value is -1.69. The third kappa shape index (κ3) is 3.20. The number of aromatic hydroxyl groups is 1. The predicted octanol–water partition coefficient (Wildman–Crippen LogP) is 2.43. The Labute approximate surface area is 113 Å². The SMILES string of the molecule is C[Si](C)(C)c1cc([N+](=O)[O-])cc(C=NC2CC2)c1O. The lowest BCUT2D eigenvalue weighted by Gasteiger charge is -2.19. The van der Waals surface area contributed by atoms with Gasteiger partial charge in [0.25, 0.3) is 5.69 Å². The Morgan fingerprint density at radius 2 is 2.05 bits per heavy atom. The van der Waals surface area contributed by atoms with Crippen LogP contribution in [0.2, 0.25) is 19.6 Å². The van der Waals surface area contributed by atoms with Gasteiger partial charge in [0.2, 0.25) is 0 Å². The number of nitrogens with zero attached hydrogens (tertiary/aromatic N) is 2. The molecule has 0 radical (unpaired) electrons. The highest BCUT2D eigenvalue weighted by Crippen LogP contribution is 2.26. The van der Waals surface area contributed by atoms with Crippen LogP contribution in [0, 0.1) is 10.1 Å². The smallest absolute Gasteiger partial charge is 0.270 e. The van der Waals surface area contributed by atoms with Crippen molar-refractivity contribution in [1.82, 2.24) is 0 Å². The number of benzene rings is 1. The highest BCUT2D eigenvalue weighted by molar-refractivity contribution is 6.89. The Morgan fingerprint density at radius 3 is 2.53 bits per heavy atom. The van der Waals surface area contributed by atoms with Crippen molar-refractivity contribution in [2.75, 3.05) is 0 Å². The third-order valence-corrected chi connectivity index (χ3v) is 5.11. The molecule has 0 spiro atoms. The van der Waals surface area contributed by atoms with Crippen LogP contribution in [0.3, 0.4) is 0 Å². The molecule has 5 nitrogen and oxygen atoms in total. The second-order valence-corrected chi connectivity index (χ2v) is 11.0. The monoisotopic (exact) mass is 278 g/mol. The van der Waals surface area contributed by atoms with E-state index in [2.05, 4.69) is 4.99 Å². The molecule has 1 aliphatic carbocycles. The normalized spacial score (nSPS) is 15.9. The molecule has 6 heteroatoms. The molecule has 102 valence electrons. The average molecular weight is 278 g/mol. The van der Waals surface area contributed by atoms with Gasteiger partial charge in [-0.2, -0.15) is 0 Å². The van der Waals surface area contributed by atoms with Crippen LogP contribution < -0.4 is 5.19 Å². The van der Waals surface area contributed by atoms with E-state index in [9.17, 15) is 15.2 Å². The van der Waals surface area contributed by atoms with Crippen molar-refractivity contribution in [3.8, 4) is 5.75 Å². The van der Waals surface area contributed by atoms with Gasteiger partial charge in [0, 0.05) is 23.9 Å². The second kappa shape index (κ2) is 4.77. The van der Waals surface area contributed by atoms with Crippen molar-refractivity contribution in [2.45, 2.75) is 38.5 Å². The molecule has 0 aromatic heterocycles. The third-order valence-electron chi connectivity index (χ3n) is 3.11. The van der Waals surface area contributed by atoms with Gasteiger partial charge >= 0.3 is 0 Å². The van der Waals surface area contributed by atoms with Crippen molar-refractivity contribution in [3.63, 3.8) is 0 Å². The molecule has 1 N–H and O–H groups in total. The summed E-state index contributed by atoms with van der Waals surface area (Å²) in [6.45, 7) is 6.15. The maximum atomic E-state index is 11.0. The summed E-state index contributed by atoms with van der Waals surface area (Å²) in [7, 11) is -1.84. The van der Waals surface area contributed by atoms with Gasteiger partial charge < -0.3 is 5.11 Å². The van der Waals surface area contributed by atoms with Gasteiger partial charge in [-0.05, 0) is 18.0 Å². The molecular weight excluding hydrogens is 260 g/mol. The van der Waals surface area contributed by atoms with E-state index < -0.39 is 13.0 Å². The maximum absolute atomic E-state index is 11.0. The first kappa shape index (κ1) is 13.7. The fraction of sp³-hybridized carbons (Fsp3) is 0.462. The fourth-order valence-electron chi connectivity index (χ4n) is 1.83. The van der Waals surface area contributed by atoms with E-state index in [1.807, 2.05) is 19.6 Å². The summed E-state index contributed by atoms with van der Waals surface area (Å²) in [5, 5.41) is 22.0. The highest BCUT2D eigenvalue weighted by Gasteiger charge is 2.26. The fourth-order valence-corrected chi connectivity index (χ4v) is 3.26. The van der Waals surface area contributed by atoms with Gasteiger partial charge in [-0.3, -0.25) is 15.1 Å². The first-order chi connectivity index (χ1) is 8.79. The van der Waals surface area contributed by atoms with Crippen LogP contribution >= 0.6 is 0 Å². The minimum Gasteiger partial charge on any atom is -0.507 e. The van der Waals surface area contributed by atoms with E-state index in [4.69, 9.17) is 0 Å². The molecule has 0 bridgehead atoms. The number of hydrogen-bond donors (Lipinski definition) is 1. The van der Waals surface area contributed by atoms with Crippen molar-refractivity contribution in [2.24, 2.45) is 4.99 Å². The molecule has 0 aliphatic heterocycles. The standard InChI is InChI=1S/C13H18N2O3Si/c1-19(2,3)12-7-11(15(17)18)6-9(13(12)16)8-14-10-4-5-10/h6-8,10,16H,4-5H2,1-3H3. The van der Waals surface area contributed by atoms with E-state index in [0.717, 1.165) is 12.8 Å². The van der Waals surface area contributed by atoms with Crippen LogP contribution in [0.25, 0.3) is 0 Å². The molecule has 1 fully saturated rings. The molecule has 1 aromatic carbocycles. The molecule has 0 unspecified atom stereocenters.